The van der Waals surface area contributed by atoms with Crippen LogP contribution in [0.2, 0.25) is 0 Å². The molecule has 1 atom stereocenters. The van der Waals surface area contributed by atoms with E-state index in [0.717, 1.165) is 17.0 Å². The van der Waals surface area contributed by atoms with E-state index in [0.29, 0.717) is 0 Å². The first-order valence-electron chi connectivity index (χ1n) is 5.51. The first-order chi connectivity index (χ1) is 8.13. The van der Waals surface area contributed by atoms with E-state index in [9.17, 15) is 0 Å². The molecule has 0 aliphatic rings. The van der Waals surface area contributed by atoms with Gasteiger partial charge in [-0.05, 0) is 12.5 Å². The zero-order chi connectivity index (χ0) is 12.4. The van der Waals surface area contributed by atoms with Gasteiger partial charge in [0.25, 0.3) is 0 Å². The summed E-state index contributed by atoms with van der Waals surface area (Å²) < 4.78 is 7.02. The summed E-state index contributed by atoms with van der Waals surface area (Å²) in [6.07, 6.45) is 1.68. The number of benzene rings is 1. The molecule has 0 fully saturated rings. The third-order valence-corrected chi connectivity index (χ3v) is 2.90. The van der Waals surface area contributed by atoms with Gasteiger partial charge in [0.2, 0.25) is 0 Å². The number of rotatable bonds is 3. The summed E-state index contributed by atoms with van der Waals surface area (Å²) in [5.41, 5.74) is 9.41. The fourth-order valence-electron chi connectivity index (χ4n) is 1.87. The summed E-state index contributed by atoms with van der Waals surface area (Å²) in [5.74, 6) is 0.723. The highest BCUT2D eigenvalue weighted by Gasteiger charge is 2.18. The van der Waals surface area contributed by atoms with Gasteiger partial charge in [0.15, 0.2) is 5.75 Å². The third-order valence-electron chi connectivity index (χ3n) is 2.90. The summed E-state index contributed by atoms with van der Waals surface area (Å²) in [6.45, 7) is 2.06. The highest BCUT2D eigenvalue weighted by molar-refractivity contribution is 5.36. The predicted molar refractivity (Wildman–Crippen MR) is 67.0 cm³/mol. The second kappa shape index (κ2) is 4.59. The number of aromatic nitrogens is 2. The molecule has 0 radical (unpaired) electrons. The number of nitrogens with two attached hydrogens (primary N) is 1. The van der Waals surface area contributed by atoms with E-state index in [1.807, 2.05) is 19.2 Å². The first kappa shape index (κ1) is 11.7. The van der Waals surface area contributed by atoms with Crippen molar-refractivity contribution >= 4 is 0 Å². The summed E-state index contributed by atoms with van der Waals surface area (Å²) in [4.78, 5) is 0. The lowest BCUT2D eigenvalue weighted by molar-refractivity contribution is 0.406. The maximum Gasteiger partial charge on any atom is 0.161 e. The van der Waals surface area contributed by atoms with Gasteiger partial charge in [0.05, 0.1) is 19.3 Å². The van der Waals surface area contributed by atoms with Gasteiger partial charge in [0.1, 0.15) is 5.69 Å². The molecule has 17 heavy (non-hydrogen) atoms. The fraction of sp³-hybridized carbons (Fsp3) is 0.308. The average molecular weight is 231 g/mol. The molecule has 0 saturated carbocycles. The van der Waals surface area contributed by atoms with E-state index in [-0.39, 0.29) is 6.04 Å². The van der Waals surface area contributed by atoms with Gasteiger partial charge in [-0.25, -0.2) is 0 Å². The van der Waals surface area contributed by atoms with Crippen molar-refractivity contribution in [3.05, 3.63) is 47.3 Å². The average Bonchev–Trinajstić information content (AvgIpc) is 2.70. The monoisotopic (exact) mass is 231 g/mol. The fourth-order valence-corrected chi connectivity index (χ4v) is 1.87. The molecule has 2 N–H and O–H groups in total. The molecule has 2 aromatic rings. The Morgan fingerprint density at radius 1 is 1.29 bits per heavy atom. The lowest BCUT2D eigenvalue weighted by Crippen LogP contribution is -2.16. The minimum absolute atomic E-state index is 0.224. The molecule has 0 aliphatic heterocycles. The van der Waals surface area contributed by atoms with Crippen molar-refractivity contribution in [2.45, 2.75) is 13.0 Å². The van der Waals surface area contributed by atoms with Crippen LogP contribution >= 0.6 is 0 Å². The Balaban J connectivity index is 2.39. The van der Waals surface area contributed by atoms with Crippen molar-refractivity contribution in [3.8, 4) is 5.75 Å². The van der Waals surface area contributed by atoms with E-state index in [1.165, 1.54) is 5.56 Å². The highest BCUT2D eigenvalue weighted by Crippen LogP contribution is 2.27. The van der Waals surface area contributed by atoms with Crippen LogP contribution < -0.4 is 10.5 Å². The van der Waals surface area contributed by atoms with Gasteiger partial charge in [-0.1, -0.05) is 29.8 Å². The molecule has 0 amide bonds. The topological polar surface area (TPSA) is 53.1 Å². The molecule has 0 saturated heterocycles. The van der Waals surface area contributed by atoms with E-state index in [1.54, 1.807) is 18.0 Å². The molecule has 90 valence electrons. The van der Waals surface area contributed by atoms with Crippen LogP contribution in [0.1, 0.15) is 22.9 Å². The summed E-state index contributed by atoms with van der Waals surface area (Å²) in [6, 6.07) is 7.95. The SMILES string of the molecule is COc1cnn(C)c1C(N)c1ccc(C)cc1. The second-order valence-corrected chi connectivity index (χ2v) is 4.11. The molecule has 1 aromatic carbocycles. The maximum atomic E-state index is 6.25. The Morgan fingerprint density at radius 2 is 1.94 bits per heavy atom. The lowest BCUT2D eigenvalue weighted by atomic mass is 10.0. The molecule has 0 bridgehead atoms. The van der Waals surface area contributed by atoms with Crippen molar-refractivity contribution in [2.24, 2.45) is 12.8 Å². The van der Waals surface area contributed by atoms with Crippen molar-refractivity contribution in [1.29, 1.82) is 0 Å². The van der Waals surface area contributed by atoms with E-state index >= 15 is 0 Å². The number of aryl methyl sites for hydroxylation is 2. The molecular weight excluding hydrogens is 214 g/mol. The first-order valence-corrected chi connectivity index (χ1v) is 5.51. The van der Waals surface area contributed by atoms with Crippen LogP contribution in [0.15, 0.2) is 30.5 Å². The molecule has 1 unspecified atom stereocenters. The van der Waals surface area contributed by atoms with Gasteiger partial charge in [-0.3, -0.25) is 4.68 Å². The number of hydrogen-bond acceptors (Lipinski definition) is 3. The molecule has 1 aromatic heterocycles. The van der Waals surface area contributed by atoms with Crippen LogP contribution in [0.3, 0.4) is 0 Å². The molecule has 1 heterocycles. The van der Waals surface area contributed by atoms with Crippen LogP contribution in [0.25, 0.3) is 0 Å². The Labute approximate surface area is 101 Å². The van der Waals surface area contributed by atoms with Crippen LogP contribution in [-0.4, -0.2) is 16.9 Å². The van der Waals surface area contributed by atoms with Crippen molar-refractivity contribution in [1.82, 2.24) is 9.78 Å². The van der Waals surface area contributed by atoms with Crippen molar-refractivity contribution in [2.75, 3.05) is 7.11 Å². The van der Waals surface area contributed by atoms with Crippen LogP contribution in [0, 0.1) is 6.92 Å². The minimum Gasteiger partial charge on any atom is -0.493 e. The third kappa shape index (κ3) is 2.17. The number of nitrogens with zero attached hydrogens (tertiary/aromatic N) is 2. The second-order valence-electron chi connectivity index (χ2n) is 4.11. The smallest absolute Gasteiger partial charge is 0.161 e. The number of methoxy groups -OCH3 is 1. The molecular formula is C13H17N3O. The molecule has 0 aliphatic carbocycles. The Kier molecular flexibility index (Phi) is 3.15. The Hall–Kier alpha value is -1.81. The van der Waals surface area contributed by atoms with E-state index in [4.69, 9.17) is 10.5 Å². The van der Waals surface area contributed by atoms with Gasteiger partial charge >= 0.3 is 0 Å². The van der Waals surface area contributed by atoms with Gasteiger partial charge in [-0.15, -0.1) is 0 Å². The van der Waals surface area contributed by atoms with Gasteiger partial charge in [0, 0.05) is 7.05 Å². The molecule has 4 heteroatoms. The van der Waals surface area contributed by atoms with Crippen LogP contribution in [0.4, 0.5) is 0 Å². The van der Waals surface area contributed by atoms with Crippen molar-refractivity contribution < 1.29 is 4.74 Å². The van der Waals surface area contributed by atoms with Gasteiger partial charge < -0.3 is 10.5 Å². The lowest BCUT2D eigenvalue weighted by Gasteiger charge is -2.14. The molecule has 4 nitrogen and oxygen atoms in total. The Morgan fingerprint density at radius 3 is 2.53 bits per heavy atom. The number of hydrogen-bond donors (Lipinski definition) is 1. The van der Waals surface area contributed by atoms with Crippen LogP contribution in [0.5, 0.6) is 5.75 Å². The zero-order valence-electron chi connectivity index (χ0n) is 10.3. The Bertz CT molecular complexity index is 502. The largest absolute Gasteiger partial charge is 0.493 e. The molecule has 2 rings (SSSR count). The highest BCUT2D eigenvalue weighted by atomic mass is 16.5. The van der Waals surface area contributed by atoms with Crippen LogP contribution in [-0.2, 0) is 7.05 Å². The summed E-state index contributed by atoms with van der Waals surface area (Å²) in [5, 5.41) is 4.16. The summed E-state index contributed by atoms with van der Waals surface area (Å²) >= 11 is 0. The van der Waals surface area contributed by atoms with Crippen molar-refractivity contribution in [3.63, 3.8) is 0 Å². The maximum absolute atomic E-state index is 6.25. The number of ether oxygens (including phenoxy) is 1. The van der Waals surface area contributed by atoms with E-state index in [2.05, 4.69) is 24.2 Å². The van der Waals surface area contributed by atoms with E-state index < -0.39 is 0 Å². The molecule has 0 spiro atoms. The predicted octanol–water partition coefficient (Wildman–Crippen LogP) is 1.79. The van der Waals surface area contributed by atoms with Gasteiger partial charge in [-0.2, -0.15) is 5.10 Å². The minimum atomic E-state index is -0.224. The summed E-state index contributed by atoms with van der Waals surface area (Å²) in [7, 11) is 3.49. The standard InChI is InChI=1S/C13H17N3O/c1-9-4-6-10(7-5-9)12(14)13-11(17-3)8-15-16(13)2/h4-8,12H,14H2,1-3H3. The zero-order valence-corrected chi connectivity index (χ0v) is 10.3. The normalized spacial score (nSPS) is 12.5. The quantitative estimate of drug-likeness (QED) is 0.876.